The van der Waals surface area contributed by atoms with Crippen molar-refractivity contribution in [2.45, 2.75) is 13.0 Å². The molecule has 1 unspecified atom stereocenters. The maximum Gasteiger partial charge on any atom is 0.0763 e. The maximum atomic E-state index is 9.41. The molecule has 1 atom stereocenters. The summed E-state index contributed by atoms with van der Waals surface area (Å²) in [6.45, 7) is 1.76. The predicted octanol–water partition coefficient (Wildman–Crippen LogP) is 1.82. The number of nitrogens with one attached hydrogen (secondary N) is 2. The zero-order valence-electron chi connectivity index (χ0n) is 8.26. The fraction of sp³-hybridized carbons (Fsp3) is 0.400. The summed E-state index contributed by atoms with van der Waals surface area (Å²) in [5, 5.41) is 15.5. The fourth-order valence-electron chi connectivity index (χ4n) is 1.18. The number of rotatable bonds is 3. The third-order valence-electron chi connectivity index (χ3n) is 2.02. The van der Waals surface area contributed by atoms with Gasteiger partial charge in [-0.3, -0.25) is 0 Å². The Hall–Kier alpha value is -1.22. The number of aliphatic hydroxyl groups excluding tert-OH is 1. The summed E-state index contributed by atoms with van der Waals surface area (Å²) in [4.78, 5) is 0. The highest BCUT2D eigenvalue weighted by atomic mass is 16.3. The molecule has 1 aromatic carbocycles. The minimum atomic E-state index is -0.430. The molecular formula is C10H16N2O. The molecule has 13 heavy (non-hydrogen) atoms. The van der Waals surface area contributed by atoms with Gasteiger partial charge >= 0.3 is 0 Å². The molecule has 0 aliphatic heterocycles. The molecule has 72 valence electrons. The summed E-state index contributed by atoms with van der Waals surface area (Å²) in [7, 11) is 3.72. The monoisotopic (exact) mass is 180 g/mol. The van der Waals surface area contributed by atoms with Gasteiger partial charge in [-0.25, -0.2) is 0 Å². The summed E-state index contributed by atoms with van der Waals surface area (Å²) in [5.74, 6) is 0. The molecule has 0 spiro atoms. The van der Waals surface area contributed by atoms with Crippen LogP contribution in [0.2, 0.25) is 0 Å². The standard InChI is InChI=1S/C10H16N2O/c1-7(13)8-4-9(11-2)6-10(5-8)12-3/h4-7,11-13H,1-3H3. The topological polar surface area (TPSA) is 44.3 Å². The smallest absolute Gasteiger partial charge is 0.0763 e. The van der Waals surface area contributed by atoms with E-state index in [0.29, 0.717) is 0 Å². The molecule has 0 fully saturated rings. The Balaban J connectivity index is 3.07. The van der Waals surface area contributed by atoms with Crippen LogP contribution in [0.1, 0.15) is 18.6 Å². The van der Waals surface area contributed by atoms with Gasteiger partial charge in [0.2, 0.25) is 0 Å². The lowest BCUT2D eigenvalue weighted by Gasteiger charge is -2.10. The van der Waals surface area contributed by atoms with Gasteiger partial charge in [-0.05, 0) is 30.7 Å². The number of anilines is 2. The molecule has 3 N–H and O–H groups in total. The number of hydrogen-bond acceptors (Lipinski definition) is 3. The van der Waals surface area contributed by atoms with E-state index in [9.17, 15) is 5.11 Å². The summed E-state index contributed by atoms with van der Waals surface area (Å²) in [6, 6.07) is 5.86. The van der Waals surface area contributed by atoms with Crippen molar-refractivity contribution in [2.75, 3.05) is 24.7 Å². The van der Waals surface area contributed by atoms with E-state index in [-0.39, 0.29) is 0 Å². The quantitative estimate of drug-likeness (QED) is 0.665. The van der Waals surface area contributed by atoms with Crippen molar-refractivity contribution in [1.82, 2.24) is 0 Å². The van der Waals surface area contributed by atoms with Crippen LogP contribution in [0.15, 0.2) is 18.2 Å². The van der Waals surface area contributed by atoms with Gasteiger partial charge in [0.25, 0.3) is 0 Å². The minimum Gasteiger partial charge on any atom is -0.389 e. The first kappa shape index (κ1) is 9.86. The lowest BCUT2D eigenvalue weighted by Crippen LogP contribution is -1.97. The summed E-state index contributed by atoms with van der Waals surface area (Å²) < 4.78 is 0. The molecule has 3 heteroatoms. The number of benzene rings is 1. The van der Waals surface area contributed by atoms with Crippen LogP contribution >= 0.6 is 0 Å². The van der Waals surface area contributed by atoms with Gasteiger partial charge in [-0.1, -0.05) is 0 Å². The summed E-state index contributed by atoms with van der Waals surface area (Å²) >= 11 is 0. The lowest BCUT2D eigenvalue weighted by atomic mass is 10.1. The van der Waals surface area contributed by atoms with Crippen LogP contribution in [0.4, 0.5) is 11.4 Å². The van der Waals surface area contributed by atoms with Crippen LogP contribution in [0, 0.1) is 0 Å². The van der Waals surface area contributed by atoms with E-state index >= 15 is 0 Å². The van der Waals surface area contributed by atoms with E-state index in [1.54, 1.807) is 6.92 Å². The summed E-state index contributed by atoms with van der Waals surface area (Å²) in [6.07, 6.45) is -0.430. The summed E-state index contributed by atoms with van der Waals surface area (Å²) in [5.41, 5.74) is 2.92. The van der Waals surface area contributed by atoms with Gasteiger partial charge in [0, 0.05) is 25.5 Å². The largest absolute Gasteiger partial charge is 0.389 e. The lowest BCUT2D eigenvalue weighted by molar-refractivity contribution is 0.199. The Morgan fingerprint density at radius 1 is 1.08 bits per heavy atom. The van der Waals surface area contributed by atoms with E-state index in [1.165, 1.54) is 0 Å². The average Bonchev–Trinajstić information content (AvgIpc) is 2.16. The van der Waals surface area contributed by atoms with Crippen molar-refractivity contribution >= 4 is 11.4 Å². The SMILES string of the molecule is CNc1cc(NC)cc(C(C)O)c1. The minimum absolute atomic E-state index is 0.430. The second-order valence-electron chi connectivity index (χ2n) is 3.02. The van der Waals surface area contributed by atoms with Crippen molar-refractivity contribution < 1.29 is 5.11 Å². The van der Waals surface area contributed by atoms with Crippen LogP contribution in [0.3, 0.4) is 0 Å². The van der Waals surface area contributed by atoms with Crippen molar-refractivity contribution in [1.29, 1.82) is 0 Å². The van der Waals surface area contributed by atoms with Gasteiger partial charge in [0.05, 0.1) is 6.10 Å². The van der Waals surface area contributed by atoms with Crippen LogP contribution in [-0.2, 0) is 0 Å². The number of aliphatic hydroxyl groups is 1. The molecular weight excluding hydrogens is 164 g/mol. The highest BCUT2D eigenvalue weighted by Gasteiger charge is 2.03. The highest BCUT2D eigenvalue weighted by molar-refractivity contribution is 5.59. The van der Waals surface area contributed by atoms with E-state index in [4.69, 9.17) is 0 Å². The Bertz CT molecular complexity index is 262. The molecule has 0 saturated carbocycles. The van der Waals surface area contributed by atoms with Gasteiger partial charge < -0.3 is 15.7 Å². The molecule has 0 amide bonds. The normalized spacial score (nSPS) is 12.3. The van der Waals surface area contributed by atoms with Crippen LogP contribution < -0.4 is 10.6 Å². The van der Waals surface area contributed by atoms with Gasteiger partial charge in [-0.2, -0.15) is 0 Å². The molecule has 0 aliphatic rings. The van der Waals surface area contributed by atoms with E-state index < -0.39 is 6.10 Å². The van der Waals surface area contributed by atoms with Gasteiger partial charge in [0.1, 0.15) is 0 Å². The molecule has 0 saturated heterocycles. The van der Waals surface area contributed by atoms with Crippen molar-refractivity contribution in [2.24, 2.45) is 0 Å². The van der Waals surface area contributed by atoms with Crippen LogP contribution in [0.5, 0.6) is 0 Å². The molecule has 0 radical (unpaired) electrons. The van der Waals surface area contributed by atoms with Crippen LogP contribution in [-0.4, -0.2) is 19.2 Å². The Kier molecular flexibility index (Phi) is 3.14. The molecule has 0 aromatic heterocycles. The van der Waals surface area contributed by atoms with Gasteiger partial charge in [0.15, 0.2) is 0 Å². The third-order valence-corrected chi connectivity index (χ3v) is 2.02. The predicted molar refractivity (Wildman–Crippen MR) is 56.2 cm³/mol. The average molecular weight is 180 g/mol. The number of hydrogen-bond donors (Lipinski definition) is 3. The Morgan fingerprint density at radius 2 is 1.54 bits per heavy atom. The van der Waals surface area contributed by atoms with Crippen molar-refractivity contribution in [3.05, 3.63) is 23.8 Å². The highest BCUT2D eigenvalue weighted by Crippen LogP contribution is 2.22. The second kappa shape index (κ2) is 4.14. The fourth-order valence-corrected chi connectivity index (χ4v) is 1.18. The first-order chi connectivity index (χ1) is 6.17. The molecule has 3 nitrogen and oxygen atoms in total. The Labute approximate surface area is 78.8 Å². The zero-order valence-corrected chi connectivity index (χ0v) is 8.26. The van der Waals surface area contributed by atoms with E-state index in [2.05, 4.69) is 10.6 Å². The molecule has 1 aromatic rings. The second-order valence-corrected chi connectivity index (χ2v) is 3.02. The zero-order chi connectivity index (χ0) is 9.84. The molecule has 1 rings (SSSR count). The van der Waals surface area contributed by atoms with E-state index in [1.807, 2.05) is 32.3 Å². The van der Waals surface area contributed by atoms with E-state index in [0.717, 1.165) is 16.9 Å². The first-order valence-electron chi connectivity index (χ1n) is 4.36. The van der Waals surface area contributed by atoms with Gasteiger partial charge in [-0.15, -0.1) is 0 Å². The first-order valence-corrected chi connectivity index (χ1v) is 4.36. The van der Waals surface area contributed by atoms with Crippen molar-refractivity contribution in [3.8, 4) is 0 Å². The molecule has 0 heterocycles. The Morgan fingerprint density at radius 3 is 1.85 bits per heavy atom. The molecule has 0 bridgehead atoms. The van der Waals surface area contributed by atoms with Crippen molar-refractivity contribution in [3.63, 3.8) is 0 Å². The van der Waals surface area contributed by atoms with Crippen LogP contribution in [0.25, 0.3) is 0 Å². The third kappa shape index (κ3) is 2.36. The maximum absolute atomic E-state index is 9.41. The molecule has 0 aliphatic carbocycles.